The van der Waals surface area contributed by atoms with Crippen LogP contribution in [0.1, 0.15) is 24.0 Å². The van der Waals surface area contributed by atoms with Crippen LogP contribution in [0.3, 0.4) is 0 Å². The maximum absolute atomic E-state index is 11.8. The van der Waals surface area contributed by atoms with E-state index in [0.717, 1.165) is 62.0 Å². The molecule has 2 aromatic carbocycles. The molecule has 192 valence electrons. The molecule has 0 amide bonds. The molecule has 0 saturated heterocycles. The molecule has 2 aromatic heterocycles. The van der Waals surface area contributed by atoms with Gasteiger partial charge >= 0.3 is 0 Å². The van der Waals surface area contributed by atoms with Gasteiger partial charge in [0.15, 0.2) is 0 Å². The summed E-state index contributed by atoms with van der Waals surface area (Å²) in [5.74, 6) is 0.845. The first-order valence-corrected chi connectivity index (χ1v) is 12.1. The average molecular weight is 529 g/mol. The van der Waals surface area contributed by atoms with Gasteiger partial charge in [0.1, 0.15) is 5.75 Å². The molecule has 0 spiro atoms. The number of nitrogens with zero attached hydrogens (tertiary/aromatic N) is 3. The van der Waals surface area contributed by atoms with Gasteiger partial charge in [-0.15, -0.1) is 24.8 Å². The SMILES string of the molecule is Cl.Cl.Cn1c(=O)ccc2cc(OCCCN(CCCc3ccccc3)CCc3cccnc3)ccc21. The lowest BCUT2D eigenvalue weighted by atomic mass is 10.1. The predicted octanol–water partition coefficient (Wildman–Crippen LogP) is 5.72. The van der Waals surface area contributed by atoms with Crippen LogP contribution in [0, 0.1) is 0 Å². The van der Waals surface area contributed by atoms with E-state index in [-0.39, 0.29) is 30.4 Å². The number of pyridine rings is 2. The van der Waals surface area contributed by atoms with Crippen LogP contribution in [0.2, 0.25) is 0 Å². The third-order valence-corrected chi connectivity index (χ3v) is 6.21. The van der Waals surface area contributed by atoms with E-state index < -0.39 is 0 Å². The monoisotopic (exact) mass is 527 g/mol. The van der Waals surface area contributed by atoms with Crippen LogP contribution < -0.4 is 10.3 Å². The molecule has 2 heterocycles. The van der Waals surface area contributed by atoms with Gasteiger partial charge in [-0.3, -0.25) is 9.78 Å². The van der Waals surface area contributed by atoms with E-state index in [1.165, 1.54) is 11.1 Å². The van der Waals surface area contributed by atoms with E-state index in [2.05, 4.69) is 46.3 Å². The van der Waals surface area contributed by atoms with Crippen molar-refractivity contribution in [3.8, 4) is 5.75 Å². The molecular weight excluding hydrogens is 493 g/mol. The number of hydrogen-bond acceptors (Lipinski definition) is 4. The van der Waals surface area contributed by atoms with Crippen LogP contribution >= 0.6 is 24.8 Å². The highest BCUT2D eigenvalue weighted by Crippen LogP contribution is 2.19. The molecule has 0 atom stereocenters. The van der Waals surface area contributed by atoms with Crippen LogP contribution in [0.4, 0.5) is 0 Å². The Kier molecular flexibility index (Phi) is 12.5. The smallest absolute Gasteiger partial charge is 0.250 e. The molecule has 4 aromatic rings. The number of rotatable bonds is 12. The summed E-state index contributed by atoms with van der Waals surface area (Å²) in [6.07, 6.45) is 7.99. The lowest BCUT2D eigenvalue weighted by Crippen LogP contribution is -2.29. The van der Waals surface area contributed by atoms with Crippen molar-refractivity contribution < 1.29 is 4.74 Å². The van der Waals surface area contributed by atoms with Crippen LogP contribution in [0.25, 0.3) is 10.9 Å². The first-order chi connectivity index (χ1) is 16.7. The van der Waals surface area contributed by atoms with Gasteiger partial charge in [-0.1, -0.05) is 36.4 Å². The van der Waals surface area contributed by atoms with Gasteiger partial charge in [0.05, 0.1) is 12.1 Å². The highest BCUT2D eigenvalue weighted by Gasteiger charge is 2.07. The molecule has 5 nitrogen and oxygen atoms in total. The number of fused-ring (bicyclic) bond motifs is 1. The molecule has 36 heavy (non-hydrogen) atoms. The van der Waals surface area contributed by atoms with Gasteiger partial charge in [0.25, 0.3) is 5.56 Å². The standard InChI is InChI=1S/C29H33N3O2.2ClH/c1-31-28-14-13-27(22-26(28)12-15-29(31)33)34-21-7-19-32(20-16-25-10-5-17-30-23-25)18-6-11-24-8-3-2-4-9-24;;/h2-5,8-10,12-15,17,22-23H,6-7,11,16,18-21H2,1H3;2*1H. The van der Waals surface area contributed by atoms with Crippen molar-refractivity contribution in [3.05, 3.63) is 107 Å². The Bertz CT molecular complexity index is 1230. The Morgan fingerprint density at radius 1 is 0.833 bits per heavy atom. The molecule has 0 aliphatic heterocycles. The molecule has 0 unspecified atom stereocenters. The van der Waals surface area contributed by atoms with Crippen LogP contribution in [0.5, 0.6) is 5.75 Å². The second-order valence-electron chi connectivity index (χ2n) is 8.70. The first kappa shape index (κ1) is 29.4. The molecule has 0 bridgehead atoms. The molecule has 0 aliphatic carbocycles. The summed E-state index contributed by atoms with van der Waals surface area (Å²) in [6.45, 7) is 3.75. The molecule has 4 rings (SSSR count). The Hall–Kier alpha value is -2.86. The molecule has 0 aliphatic rings. The average Bonchev–Trinajstić information content (AvgIpc) is 2.88. The molecule has 0 N–H and O–H groups in total. The summed E-state index contributed by atoms with van der Waals surface area (Å²) in [5, 5.41) is 1.01. The minimum atomic E-state index is -0.000178. The van der Waals surface area contributed by atoms with Gasteiger partial charge < -0.3 is 14.2 Å². The summed E-state index contributed by atoms with van der Waals surface area (Å²) in [7, 11) is 1.79. The number of halogens is 2. The third-order valence-electron chi connectivity index (χ3n) is 6.21. The van der Waals surface area contributed by atoms with E-state index in [9.17, 15) is 4.79 Å². The highest BCUT2D eigenvalue weighted by atomic mass is 35.5. The maximum atomic E-state index is 11.8. The summed E-state index contributed by atoms with van der Waals surface area (Å²) >= 11 is 0. The predicted molar refractivity (Wildman–Crippen MR) is 153 cm³/mol. The van der Waals surface area contributed by atoms with Crippen molar-refractivity contribution in [1.82, 2.24) is 14.5 Å². The molecule has 7 heteroatoms. The Balaban J connectivity index is 0.00000228. The second-order valence-corrected chi connectivity index (χ2v) is 8.70. The van der Waals surface area contributed by atoms with Gasteiger partial charge in [-0.2, -0.15) is 0 Å². The van der Waals surface area contributed by atoms with Crippen LogP contribution in [-0.2, 0) is 19.9 Å². The van der Waals surface area contributed by atoms with Crippen molar-refractivity contribution in [1.29, 1.82) is 0 Å². The van der Waals surface area contributed by atoms with E-state index in [1.807, 2.05) is 42.7 Å². The minimum absolute atomic E-state index is 0. The summed E-state index contributed by atoms with van der Waals surface area (Å²) in [4.78, 5) is 18.6. The van der Waals surface area contributed by atoms with Gasteiger partial charge in [0.2, 0.25) is 0 Å². The van der Waals surface area contributed by atoms with E-state index in [4.69, 9.17) is 4.74 Å². The lowest BCUT2D eigenvalue weighted by Gasteiger charge is -2.22. The minimum Gasteiger partial charge on any atom is -0.494 e. The molecular formula is C29H35Cl2N3O2. The van der Waals surface area contributed by atoms with Gasteiger partial charge in [-0.25, -0.2) is 0 Å². The summed E-state index contributed by atoms with van der Waals surface area (Å²) in [6, 6.07) is 24.2. The molecule has 0 radical (unpaired) electrons. The largest absolute Gasteiger partial charge is 0.494 e. The van der Waals surface area contributed by atoms with Crippen molar-refractivity contribution in [3.63, 3.8) is 0 Å². The summed E-state index contributed by atoms with van der Waals surface area (Å²) in [5.41, 5.74) is 3.59. The second kappa shape index (κ2) is 15.3. The molecule has 0 saturated carbocycles. The Morgan fingerprint density at radius 3 is 2.39 bits per heavy atom. The fourth-order valence-electron chi connectivity index (χ4n) is 4.25. The zero-order valence-electron chi connectivity index (χ0n) is 20.7. The fourth-order valence-corrected chi connectivity index (χ4v) is 4.25. The lowest BCUT2D eigenvalue weighted by molar-refractivity contribution is 0.234. The van der Waals surface area contributed by atoms with Crippen LogP contribution in [0.15, 0.2) is 90.0 Å². The maximum Gasteiger partial charge on any atom is 0.250 e. The van der Waals surface area contributed by atoms with Crippen molar-refractivity contribution in [2.45, 2.75) is 25.7 Å². The van der Waals surface area contributed by atoms with Crippen molar-refractivity contribution in [2.75, 3.05) is 26.2 Å². The topological polar surface area (TPSA) is 47.4 Å². The van der Waals surface area contributed by atoms with E-state index in [1.54, 1.807) is 17.7 Å². The normalized spacial score (nSPS) is 10.6. The summed E-state index contributed by atoms with van der Waals surface area (Å²) < 4.78 is 7.71. The zero-order valence-corrected chi connectivity index (χ0v) is 22.3. The zero-order chi connectivity index (χ0) is 23.6. The van der Waals surface area contributed by atoms with E-state index in [0.29, 0.717) is 6.61 Å². The molecule has 0 fully saturated rings. The first-order valence-electron chi connectivity index (χ1n) is 12.1. The quantitative estimate of drug-likeness (QED) is 0.221. The van der Waals surface area contributed by atoms with Gasteiger partial charge in [-0.05, 0) is 73.7 Å². The highest BCUT2D eigenvalue weighted by molar-refractivity contribution is 5.85. The van der Waals surface area contributed by atoms with E-state index >= 15 is 0 Å². The number of aryl methyl sites for hydroxylation is 2. The number of ether oxygens (including phenoxy) is 1. The Morgan fingerprint density at radius 2 is 1.61 bits per heavy atom. The van der Waals surface area contributed by atoms with Crippen LogP contribution in [-0.4, -0.2) is 40.7 Å². The fraction of sp³-hybridized carbons (Fsp3) is 0.310. The van der Waals surface area contributed by atoms with Gasteiger partial charge in [0, 0.05) is 44.0 Å². The number of benzene rings is 2. The Labute approximate surface area is 226 Å². The number of aromatic nitrogens is 2. The van der Waals surface area contributed by atoms with Crippen molar-refractivity contribution in [2.24, 2.45) is 7.05 Å². The number of hydrogen-bond donors (Lipinski definition) is 0. The van der Waals surface area contributed by atoms with Crippen molar-refractivity contribution >= 4 is 35.7 Å². The third kappa shape index (κ3) is 8.66.